The number of hydrogen-bond donors (Lipinski definition) is 1. The molecule has 0 spiro atoms. The van der Waals surface area contributed by atoms with E-state index < -0.39 is 0 Å². The van der Waals surface area contributed by atoms with Crippen molar-refractivity contribution in [3.8, 4) is 16.4 Å². The van der Waals surface area contributed by atoms with Crippen LogP contribution in [0.3, 0.4) is 0 Å². The van der Waals surface area contributed by atoms with Crippen molar-refractivity contribution in [3.63, 3.8) is 0 Å². The Balaban J connectivity index is 1.65. The van der Waals surface area contributed by atoms with Crippen molar-refractivity contribution in [1.82, 2.24) is 14.5 Å². The topological polar surface area (TPSA) is 59.8 Å². The zero-order valence-electron chi connectivity index (χ0n) is 13.0. The van der Waals surface area contributed by atoms with Gasteiger partial charge in [0, 0.05) is 21.9 Å². The number of nitrogens with zero attached hydrogens (tertiary/aromatic N) is 3. The van der Waals surface area contributed by atoms with Crippen molar-refractivity contribution in [1.29, 1.82) is 0 Å². The zero-order valence-corrected chi connectivity index (χ0v) is 14.6. The molecule has 2 aromatic heterocycles. The van der Waals surface area contributed by atoms with Crippen LogP contribution < -0.4 is 5.32 Å². The lowest BCUT2D eigenvalue weighted by Gasteiger charge is -2.08. The van der Waals surface area contributed by atoms with E-state index >= 15 is 0 Å². The minimum Gasteiger partial charge on any atom is -0.310 e. The number of aryl methyl sites for hydroxylation is 1. The zero-order chi connectivity index (χ0) is 16.7. The average Bonchev–Trinajstić information content (AvgIpc) is 3.22. The fourth-order valence-electron chi connectivity index (χ4n) is 2.47. The number of hydrogen-bond acceptors (Lipinski definition) is 4. The highest BCUT2D eigenvalue weighted by Gasteiger charge is 2.30. The van der Waals surface area contributed by atoms with Crippen LogP contribution in [0.2, 0.25) is 5.02 Å². The van der Waals surface area contributed by atoms with Crippen LogP contribution in [0.15, 0.2) is 35.8 Å². The SMILES string of the molecule is Cc1ncc(NC(=O)C2CC2)n1-c1nc(-c2ccc(Cl)cc2)cs1. The summed E-state index contributed by atoms with van der Waals surface area (Å²) in [5.41, 5.74) is 1.88. The van der Waals surface area contributed by atoms with Gasteiger partial charge in [0.15, 0.2) is 5.13 Å². The van der Waals surface area contributed by atoms with Crippen molar-refractivity contribution in [2.75, 3.05) is 5.32 Å². The first-order valence-electron chi connectivity index (χ1n) is 7.69. The molecular weight excluding hydrogens is 344 g/mol. The first kappa shape index (κ1) is 15.4. The maximum Gasteiger partial charge on any atom is 0.228 e. The minimum absolute atomic E-state index is 0.0608. The summed E-state index contributed by atoms with van der Waals surface area (Å²) < 4.78 is 1.88. The highest BCUT2D eigenvalue weighted by atomic mass is 35.5. The van der Waals surface area contributed by atoms with E-state index in [2.05, 4.69) is 15.3 Å². The molecule has 0 radical (unpaired) electrons. The van der Waals surface area contributed by atoms with Gasteiger partial charge in [0.05, 0.1) is 11.9 Å². The van der Waals surface area contributed by atoms with Gasteiger partial charge in [0.1, 0.15) is 11.6 Å². The van der Waals surface area contributed by atoms with Crippen molar-refractivity contribution in [3.05, 3.63) is 46.7 Å². The summed E-state index contributed by atoms with van der Waals surface area (Å²) in [5, 5.41) is 6.43. The van der Waals surface area contributed by atoms with E-state index in [9.17, 15) is 4.79 Å². The predicted molar refractivity (Wildman–Crippen MR) is 95.8 cm³/mol. The summed E-state index contributed by atoms with van der Waals surface area (Å²) in [6.07, 6.45) is 3.62. The third-order valence-electron chi connectivity index (χ3n) is 3.96. The molecule has 0 atom stereocenters. The highest BCUT2D eigenvalue weighted by Crippen LogP contribution is 2.32. The Hall–Kier alpha value is -2.18. The Morgan fingerprint density at radius 1 is 1.33 bits per heavy atom. The van der Waals surface area contributed by atoms with Gasteiger partial charge in [0.25, 0.3) is 0 Å². The highest BCUT2D eigenvalue weighted by molar-refractivity contribution is 7.12. The smallest absolute Gasteiger partial charge is 0.228 e. The Kier molecular flexibility index (Phi) is 3.86. The number of imidazole rings is 1. The number of carbonyl (C=O) groups is 1. The molecule has 3 aromatic rings. The van der Waals surface area contributed by atoms with Crippen molar-refractivity contribution < 1.29 is 4.79 Å². The lowest BCUT2D eigenvalue weighted by molar-refractivity contribution is -0.117. The van der Waals surface area contributed by atoms with Crippen LogP contribution in [0, 0.1) is 12.8 Å². The van der Waals surface area contributed by atoms with E-state index in [0.717, 1.165) is 35.1 Å². The first-order chi connectivity index (χ1) is 11.6. The van der Waals surface area contributed by atoms with Crippen LogP contribution in [0.1, 0.15) is 18.7 Å². The van der Waals surface area contributed by atoms with Gasteiger partial charge in [-0.15, -0.1) is 11.3 Å². The maximum atomic E-state index is 12.0. The summed E-state index contributed by atoms with van der Waals surface area (Å²) in [4.78, 5) is 21.1. The minimum atomic E-state index is 0.0608. The predicted octanol–water partition coefficient (Wildman–Crippen LogP) is 4.31. The van der Waals surface area contributed by atoms with Gasteiger partial charge >= 0.3 is 0 Å². The number of anilines is 1. The van der Waals surface area contributed by atoms with Gasteiger partial charge in [-0.25, -0.2) is 9.97 Å². The lowest BCUT2D eigenvalue weighted by atomic mass is 10.2. The fourth-order valence-corrected chi connectivity index (χ4v) is 3.49. The molecule has 1 saturated carbocycles. The van der Waals surface area contributed by atoms with Crippen LogP contribution in [0.5, 0.6) is 0 Å². The van der Waals surface area contributed by atoms with Gasteiger partial charge < -0.3 is 5.32 Å². The van der Waals surface area contributed by atoms with Crippen LogP contribution >= 0.6 is 22.9 Å². The lowest BCUT2D eigenvalue weighted by Crippen LogP contribution is -2.16. The van der Waals surface area contributed by atoms with Crippen molar-refractivity contribution in [2.24, 2.45) is 5.92 Å². The second-order valence-corrected chi connectivity index (χ2v) is 7.08. The van der Waals surface area contributed by atoms with Gasteiger partial charge in [0.2, 0.25) is 5.91 Å². The summed E-state index contributed by atoms with van der Waals surface area (Å²) in [5.74, 6) is 1.67. The van der Waals surface area contributed by atoms with Gasteiger partial charge in [-0.3, -0.25) is 9.36 Å². The standard InChI is InChI=1S/C17H15ClN4OS/c1-10-19-8-15(21-16(23)12-2-3-12)22(10)17-20-14(9-24-17)11-4-6-13(18)7-5-11/h4-9,12H,2-3H2,1H3,(H,21,23). The Labute approximate surface area is 148 Å². The molecule has 1 aliphatic carbocycles. The number of rotatable bonds is 4. The first-order valence-corrected chi connectivity index (χ1v) is 8.94. The number of benzene rings is 1. The molecule has 24 heavy (non-hydrogen) atoms. The number of thiazole rings is 1. The van der Waals surface area contributed by atoms with E-state index in [1.54, 1.807) is 6.20 Å². The maximum absolute atomic E-state index is 12.0. The Morgan fingerprint density at radius 2 is 2.08 bits per heavy atom. The molecule has 2 heterocycles. The van der Waals surface area contributed by atoms with E-state index in [-0.39, 0.29) is 11.8 Å². The third-order valence-corrected chi connectivity index (χ3v) is 5.04. The molecule has 1 fully saturated rings. The average molecular weight is 359 g/mol. The van der Waals surface area contributed by atoms with Crippen LogP contribution in [0.25, 0.3) is 16.4 Å². The second kappa shape index (κ2) is 6.03. The molecule has 1 aromatic carbocycles. The summed E-state index contributed by atoms with van der Waals surface area (Å²) in [6.45, 7) is 1.90. The van der Waals surface area contributed by atoms with Crippen LogP contribution in [-0.4, -0.2) is 20.4 Å². The molecule has 0 unspecified atom stereocenters. The third kappa shape index (κ3) is 2.95. The Bertz CT molecular complexity index is 896. The van der Waals surface area contributed by atoms with Crippen molar-refractivity contribution in [2.45, 2.75) is 19.8 Å². The van der Waals surface area contributed by atoms with E-state index in [4.69, 9.17) is 11.6 Å². The van der Waals surface area contributed by atoms with E-state index in [1.165, 1.54) is 11.3 Å². The molecule has 0 aliphatic heterocycles. The molecule has 122 valence electrons. The molecule has 0 saturated heterocycles. The second-order valence-electron chi connectivity index (χ2n) is 5.81. The molecule has 1 aliphatic rings. The van der Waals surface area contributed by atoms with Gasteiger partial charge in [-0.05, 0) is 31.9 Å². The molecule has 1 amide bonds. The normalized spacial score (nSPS) is 13.9. The van der Waals surface area contributed by atoms with E-state index in [0.29, 0.717) is 10.8 Å². The monoisotopic (exact) mass is 358 g/mol. The molecule has 0 bridgehead atoms. The molecule has 1 N–H and O–H groups in total. The summed E-state index contributed by atoms with van der Waals surface area (Å²) >= 11 is 7.45. The number of halogens is 1. The van der Waals surface area contributed by atoms with E-state index in [1.807, 2.05) is 41.1 Å². The van der Waals surface area contributed by atoms with Crippen molar-refractivity contribution >= 4 is 34.7 Å². The fraction of sp³-hybridized carbons (Fsp3) is 0.235. The number of aromatic nitrogens is 3. The van der Waals surface area contributed by atoms with Crippen LogP contribution in [0.4, 0.5) is 5.82 Å². The molecule has 7 heteroatoms. The largest absolute Gasteiger partial charge is 0.310 e. The van der Waals surface area contributed by atoms with Gasteiger partial charge in [-0.2, -0.15) is 0 Å². The number of amides is 1. The quantitative estimate of drug-likeness (QED) is 0.756. The molecular formula is C17H15ClN4OS. The summed E-state index contributed by atoms with van der Waals surface area (Å²) in [7, 11) is 0. The molecule has 4 rings (SSSR count). The summed E-state index contributed by atoms with van der Waals surface area (Å²) in [6, 6.07) is 7.58. The Morgan fingerprint density at radius 3 is 2.79 bits per heavy atom. The van der Waals surface area contributed by atoms with Gasteiger partial charge in [-0.1, -0.05) is 23.7 Å². The molecule has 5 nitrogen and oxygen atoms in total. The number of carbonyl (C=O) groups excluding carboxylic acids is 1. The number of nitrogens with one attached hydrogen (secondary N) is 1. The van der Waals surface area contributed by atoms with Crippen LogP contribution in [-0.2, 0) is 4.79 Å².